The van der Waals surface area contributed by atoms with Crippen molar-refractivity contribution < 1.29 is 4.79 Å². The number of likely N-dealkylation sites (N-methyl/N-ethyl adjacent to an activating group) is 1. The Morgan fingerprint density at radius 2 is 2.10 bits per heavy atom. The summed E-state index contributed by atoms with van der Waals surface area (Å²) in [6, 6.07) is 6.91. The number of hydrogen-bond acceptors (Lipinski definition) is 3. The molecule has 0 saturated heterocycles. The molecule has 0 spiro atoms. The summed E-state index contributed by atoms with van der Waals surface area (Å²) >= 11 is 0. The van der Waals surface area contributed by atoms with E-state index < -0.39 is 0 Å². The lowest BCUT2D eigenvalue weighted by atomic mass is 10.1. The highest BCUT2D eigenvalue weighted by Crippen LogP contribution is 2.12. The predicted octanol–water partition coefficient (Wildman–Crippen LogP) is 1.13. The van der Waals surface area contributed by atoms with E-state index in [0.29, 0.717) is 23.1 Å². The van der Waals surface area contributed by atoms with Crippen LogP contribution >= 0.6 is 0 Å². The molecule has 0 saturated carbocycles. The van der Waals surface area contributed by atoms with Crippen molar-refractivity contribution in [3.05, 3.63) is 45.7 Å². The van der Waals surface area contributed by atoms with Crippen LogP contribution in [-0.4, -0.2) is 43.0 Å². The largest absolute Gasteiger partial charge is 0.350 e. The Balaban J connectivity index is 2.28. The molecule has 2 N–H and O–H groups in total. The van der Waals surface area contributed by atoms with E-state index in [9.17, 15) is 9.59 Å². The van der Waals surface area contributed by atoms with Gasteiger partial charge >= 0.3 is 0 Å². The second-order valence-corrected chi connectivity index (χ2v) is 5.10. The number of aromatic amines is 1. The lowest BCUT2D eigenvalue weighted by molar-refractivity contribution is 0.0946. The number of rotatable bonds is 4. The molecule has 0 aliphatic rings. The standard InChI is InChI=1S/C15H19N3O2/c1-10-5-4-6-11-14(10)13(19)9-12(17-11)15(20)16-7-8-18(2)3/h4-6,9H,7-8H2,1-3H3,(H,16,20)(H,17,19). The number of nitrogens with one attached hydrogen (secondary N) is 2. The summed E-state index contributed by atoms with van der Waals surface area (Å²) in [5.74, 6) is -0.257. The van der Waals surface area contributed by atoms with Gasteiger partial charge in [0.25, 0.3) is 5.91 Å². The van der Waals surface area contributed by atoms with Gasteiger partial charge in [-0.1, -0.05) is 12.1 Å². The van der Waals surface area contributed by atoms with Gasteiger partial charge < -0.3 is 15.2 Å². The zero-order chi connectivity index (χ0) is 14.7. The molecule has 0 aliphatic carbocycles. The zero-order valence-electron chi connectivity index (χ0n) is 12.0. The summed E-state index contributed by atoms with van der Waals surface area (Å²) in [6.45, 7) is 3.18. The van der Waals surface area contributed by atoms with Gasteiger partial charge in [-0.3, -0.25) is 9.59 Å². The van der Waals surface area contributed by atoms with Gasteiger partial charge in [0.05, 0.1) is 5.52 Å². The Morgan fingerprint density at radius 1 is 1.35 bits per heavy atom. The third-order valence-corrected chi connectivity index (χ3v) is 3.15. The molecule has 2 aromatic rings. The Kier molecular flexibility index (Phi) is 4.20. The molecule has 5 nitrogen and oxygen atoms in total. The fraction of sp³-hybridized carbons (Fsp3) is 0.333. The van der Waals surface area contributed by atoms with E-state index in [1.807, 2.05) is 38.1 Å². The fourth-order valence-electron chi connectivity index (χ4n) is 2.09. The maximum Gasteiger partial charge on any atom is 0.267 e. The van der Waals surface area contributed by atoms with Gasteiger partial charge in [0.1, 0.15) is 5.69 Å². The van der Waals surface area contributed by atoms with Gasteiger partial charge in [0.2, 0.25) is 0 Å². The van der Waals surface area contributed by atoms with Crippen LogP contribution in [0.1, 0.15) is 16.1 Å². The highest BCUT2D eigenvalue weighted by atomic mass is 16.2. The number of carbonyl (C=O) groups excluding carboxylic acids is 1. The number of aromatic nitrogens is 1. The average Bonchev–Trinajstić information content (AvgIpc) is 2.37. The monoisotopic (exact) mass is 273 g/mol. The summed E-state index contributed by atoms with van der Waals surface area (Å²) in [7, 11) is 3.87. The molecule has 20 heavy (non-hydrogen) atoms. The number of carbonyl (C=O) groups is 1. The fourth-order valence-corrected chi connectivity index (χ4v) is 2.09. The van der Waals surface area contributed by atoms with Crippen LogP contribution in [0.25, 0.3) is 10.9 Å². The minimum Gasteiger partial charge on any atom is -0.350 e. The van der Waals surface area contributed by atoms with E-state index in [4.69, 9.17) is 0 Å². The highest BCUT2D eigenvalue weighted by molar-refractivity contribution is 5.95. The number of hydrogen-bond donors (Lipinski definition) is 2. The molecule has 1 aromatic heterocycles. The smallest absolute Gasteiger partial charge is 0.267 e. The molecule has 2 rings (SSSR count). The van der Waals surface area contributed by atoms with Crippen molar-refractivity contribution in [3.8, 4) is 0 Å². The average molecular weight is 273 g/mol. The molecule has 1 aromatic carbocycles. The van der Waals surface area contributed by atoms with Crippen LogP contribution in [0.2, 0.25) is 0 Å². The van der Waals surface area contributed by atoms with Gasteiger partial charge in [0, 0.05) is 24.5 Å². The van der Waals surface area contributed by atoms with Crippen LogP contribution < -0.4 is 10.7 Å². The summed E-state index contributed by atoms with van der Waals surface area (Å²) in [6.07, 6.45) is 0. The first-order valence-corrected chi connectivity index (χ1v) is 6.54. The maximum atomic E-state index is 12.1. The van der Waals surface area contributed by atoms with E-state index in [1.54, 1.807) is 6.07 Å². The molecular formula is C15H19N3O2. The molecular weight excluding hydrogens is 254 g/mol. The minimum atomic E-state index is -0.257. The number of amides is 1. The highest BCUT2D eigenvalue weighted by Gasteiger charge is 2.10. The second kappa shape index (κ2) is 5.88. The summed E-state index contributed by atoms with van der Waals surface area (Å²) < 4.78 is 0. The maximum absolute atomic E-state index is 12.1. The second-order valence-electron chi connectivity index (χ2n) is 5.10. The van der Waals surface area contributed by atoms with E-state index in [1.165, 1.54) is 6.07 Å². The van der Waals surface area contributed by atoms with Crippen molar-refractivity contribution in [3.63, 3.8) is 0 Å². The number of benzene rings is 1. The van der Waals surface area contributed by atoms with Crippen molar-refractivity contribution in [2.45, 2.75) is 6.92 Å². The van der Waals surface area contributed by atoms with Crippen molar-refractivity contribution >= 4 is 16.8 Å². The predicted molar refractivity (Wildman–Crippen MR) is 80.2 cm³/mol. The first-order chi connectivity index (χ1) is 9.49. The Morgan fingerprint density at radius 3 is 2.80 bits per heavy atom. The number of nitrogens with zero attached hydrogens (tertiary/aromatic N) is 1. The molecule has 1 amide bonds. The van der Waals surface area contributed by atoms with Crippen molar-refractivity contribution in [1.82, 2.24) is 15.2 Å². The van der Waals surface area contributed by atoms with E-state index >= 15 is 0 Å². The Bertz CT molecular complexity index is 689. The Hall–Kier alpha value is -2.14. The lowest BCUT2D eigenvalue weighted by Crippen LogP contribution is -2.32. The van der Waals surface area contributed by atoms with Gasteiger partial charge in [-0.2, -0.15) is 0 Å². The molecule has 5 heteroatoms. The quantitative estimate of drug-likeness (QED) is 0.877. The molecule has 106 valence electrons. The van der Waals surface area contributed by atoms with Crippen LogP contribution in [0.5, 0.6) is 0 Å². The van der Waals surface area contributed by atoms with Gasteiger partial charge in [0.15, 0.2) is 5.43 Å². The van der Waals surface area contributed by atoms with Gasteiger partial charge in [-0.25, -0.2) is 0 Å². The molecule has 0 atom stereocenters. The van der Waals surface area contributed by atoms with Gasteiger partial charge in [-0.05, 0) is 32.6 Å². The van der Waals surface area contributed by atoms with Crippen molar-refractivity contribution in [2.75, 3.05) is 27.2 Å². The number of fused-ring (bicyclic) bond motifs is 1. The van der Waals surface area contributed by atoms with Crippen LogP contribution in [-0.2, 0) is 0 Å². The van der Waals surface area contributed by atoms with Crippen LogP contribution in [0.4, 0.5) is 0 Å². The third-order valence-electron chi connectivity index (χ3n) is 3.15. The van der Waals surface area contributed by atoms with Crippen molar-refractivity contribution in [1.29, 1.82) is 0 Å². The minimum absolute atomic E-state index is 0.130. The lowest BCUT2D eigenvalue weighted by Gasteiger charge is -2.11. The van der Waals surface area contributed by atoms with Crippen molar-refractivity contribution in [2.24, 2.45) is 0 Å². The molecule has 0 fully saturated rings. The number of H-pyrrole nitrogens is 1. The summed E-state index contributed by atoms with van der Waals surface area (Å²) in [5.41, 5.74) is 1.76. The molecule has 0 aliphatic heterocycles. The molecule has 0 unspecified atom stereocenters. The van der Waals surface area contributed by atoms with Crippen LogP contribution in [0.3, 0.4) is 0 Å². The first kappa shape index (κ1) is 14.3. The summed E-state index contributed by atoms with van der Waals surface area (Å²) in [4.78, 5) is 29.1. The van der Waals surface area contributed by atoms with Crippen LogP contribution in [0.15, 0.2) is 29.1 Å². The topological polar surface area (TPSA) is 65.2 Å². The SMILES string of the molecule is Cc1cccc2[nH]c(C(=O)NCCN(C)C)cc(=O)c12. The van der Waals surface area contributed by atoms with E-state index in [-0.39, 0.29) is 11.3 Å². The molecule has 0 radical (unpaired) electrons. The number of pyridine rings is 1. The van der Waals surface area contributed by atoms with Gasteiger partial charge in [-0.15, -0.1) is 0 Å². The number of aryl methyl sites for hydroxylation is 1. The normalized spacial score (nSPS) is 11.0. The zero-order valence-corrected chi connectivity index (χ0v) is 12.0. The van der Waals surface area contributed by atoms with E-state index in [0.717, 1.165) is 12.1 Å². The molecule has 1 heterocycles. The van der Waals surface area contributed by atoms with Crippen LogP contribution in [0, 0.1) is 6.92 Å². The van der Waals surface area contributed by atoms with E-state index in [2.05, 4.69) is 10.3 Å². The first-order valence-electron chi connectivity index (χ1n) is 6.54. The third kappa shape index (κ3) is 3.05. The Labute approximate surface area is 117 Å². The molecule has 0 bridgehead atoms. The summed E-state index contributed by atoms with van der Waals surface area (Å²) in [5, 5.41) is 3.42.